The minimum atomic E-state index is -0.150. The third kappa shape index (κ3) is 13.2. The molecule has 0 amide bonds. The molecule has 0 unspecified atom stereocenters. The van der Waals surface area contributed by atoms with Gasteiger partial charge in [0.1, 0.15) is 0 Å². The van der Waals surface area contributed by atoms with Gasteiger partial charge >= 0.3 is 11.9 Å². The number of carbonyl (C=O) groups is 2. The summed E-state index contributed by atoms with van der Waals surface area (Å²) in [5, 5.41) is 0. The van der Waals surface area contributed by atoms with E-state index in [1.165, 1.54) is 0 Å². The molecule has 0 heterocycles. The lowest BCUT2D eigenvalue weighted by Gasteiger charge is -2.06. The lowest BCUT2D eigenvalue weighted by Crippen LogP contribution is -2.10. The molecule has 0 radical (unpaired) electrons. The van der Waals surface area contributed by atoms with Crippen LogP contribution in [0.15, 0.2) is 0 Å². The molecule has 0 bridgehead atoms. The number of esters is 2. The summed E-state index contributed by atoms with van der Waals surface area (Å²) in [5.74, 6) is -0.301. The fourth-order valence-electron chi connectivity index (χ4n) is 1.61. The number of hydrogen-bond acceptors (Lipinski definition) is 4. The topological polar surface area (TPSA) is 52.6 Å². The number of carbonyl (C=O) groups excluding carboxylic acids is 2. The van der Waals surface area contributed by atoms with Gasteiger partial charge in [0.2, 0.25) is 0 Å². The van der Waals surface area contributed by atoms with Crippen molar-refractivity contribution in [2.75, 3.05) is 13.2 Å². The van der Waals surface area contributed by atoms with Crippen LogP contribution in [0.2, 0.25) is 0 Å². The third-order valence-corrected chi connectivity index (χ3v) is 2.78. The third-order valence-electron chi connectivity index (χ3n) is 2.78. The van der Waals surface area contributed by atoms with Gasteiger partial charge in [-0.2, -0.15) is 0 Å². The Morgan fingerprint density at radius 2 is 1.11 bits per heavy atom. The smallest absolute Gasteiger partial charge is 0.305 e. The average Bonchev–Trinajstić information content (AvgIpc) is 2.39. The van der Waals surface area contributed by atoms with Crippen LogP contribution in [0.1, 0.15) is 71.6 Å². The van der Waals surface area contributed by atoms with Crippen LogP contribution in [0.3, 0.4) is 0 Å². The maximum atomic E-state index is 11.3. The zero-order valence-corrected chi connectivity index (χ0v) is 12.4. The molecule has 0 spiro atoms. The minimum Gasteiger partial charge on any atom is -0.466 e. The van der Waals surface area contributed by atoms with Gasteiger partial charge in [-0.25, -0.2) is 0 Å². The van der Waals surface area contributed by atoms with Crippen molar-refractivity contribution in [1.82, 2.24) is 0 Å². The van der Waals surface area contributed by atoms with Gasteiger partial charge in [-0.05, 0) is 12.8 Å². The fourth-order valence-corrected chi connectivity index (χ4v) is 1.61. The quantitative estimate of drug-likeness (QED) is 0.402. The second kappa shape index (κ2) is 13.4. The molecule has 0 saturated heterocycles. The summed E-state index contributed by atoms with van der Waals surface area (Å²) in [4.78, 5) is 22.5. The summed E-state index contributed by atoms with van der Waals surface area (Å²) >= 11 is 0. The lowest BCUT2D eigenvalue weighted by atomic mass is 10.2. The molecule has 0 aliphatic rings. The number of unbranched alkanes of at least 4 members (excludes halogenated alkanes) is 4. The van der Waals surface area contributed by atoms with Gasteiger partial charge < -0.3 is 9.47 Å². The van der Waals surface area contributed by atoms with Crippen molar-refractivity contribution < 1.29 is 19.1 Å². The van der Waals surface area contributed by atoms with Crippen molar-refractivity contribution in [3.05, 3.63) is 0 Å². The van der Waals surface area contributed by atoms with Crippen LogP contribution in [0.5, 0.6) is 0 Å². The summed E-state index contributed by atoms with van der Waals surface area (Å²) in [6.07, 6.45) is 7.66. The molecule has 0 aromatic rings. The monoisotopic (exact) mass is 272 g/mol. The first-order chi connectivity index (χ1) is 9.20. The highest BCUT2D eigenvalue weighted by Crippen LogP contribution is 2.02. The molecular weight excluding hydrogens is 244 g/mol. The Bertz CT molecular complexity index is 214. The largest absolute Gasteiger partial charge is 0.466 e. The Morgan fingerprint density at radius 1 is 0.684 bits per heavy atom. The molecule has 0 rings (SSSR count). The van der Waals surface area contributed by atoms with Gasteiger partial charge in [0.05, 0.1) is 13.2 Å². The number of rotatable bonds is 12. The zero-order valence-electron chi connectivity index (χ0n) is 12.4. The molecule has 0 fully saturated rings. The first-order valence-electron chi connectivity index (χ1n) is 7.52. The highest BCUT2D eigenvalue weighted by molar-refractivity contribution is 5.69. The lowest BCUT2D eigenvalue weighted by molar-refractivity contribution is -0.146. The first kappa shape index (κ1) is 17.9. The molecule has 4 nitrogen and oxygen atoms in total. The summed E-state index contributed by atoms with van der Waals surface area (Å²) in [7, 11) is 0. The standard InChI is InChI=1S/C15H28O4/c1-3-5-7-10-14(16)18-12-9-13-19-15(17)11-8-6-4-2/h3-13H2,1-2H3. The first-order valence-corrected chi connectivity index (χ1v) is 7.52. The van der Waals surface area contributed by atoms with E-state index in [1.807, 2.05) is 0 Å². The molecular formula is C15H28O4. The summed E-state index contributed by atoms with van der Waals surface area (Å²) in [5.41, 5.74) is 0. The zero-order chi connectivity index (χ0) is 14.3. The Labute approximate surface area is 116 Å². The molecule has 0 aromatic carbocycles. The van der Waals surface area contributed by atoms with Gasteiger partial charge in [0.15, 0.2) is 0 Å². The van der Waals surface area contributed by atoms with Crippen LogP contribution in [-0.4, -0.2) is 25.2 Å². The molecule has 19 heavy (non-hydrogen) atoms. The van der Waals surface area contributed by atoms with E-state index in [2.05, 4.69) is 13.8 Å². The van der Waals surface area contributed by atoms with Gasteiger partial charge in [-0.1, -0.05) is 39.5 Å². The number of hydrogen-bond donors (Lipinski definition) is 0. The van der Waals surface area contributed by atoms with Crippen LogP contribution < -0.4 is 0 Å². The van der Waals surface area contributed by atoms with Crippen molar-refractivity contribution in [3.63, 3.8) is 0 Å². The van der Waals surface area contributed by atoms with E-state index in [0.29, 0.717) is 32.5 Å². The van der Waals surface area contributed by atoms with Crippen LogP contribution in [-0.2, 0) is 19.1 Å². The van der Waals surface area contributed by atoms with Gasteiger partial charge in [0.25, 0.3) is 0 Å². The summed E-state index contributed by atoms with van der Waals surface area (Å²) in [6.45, 7) is 4.88. The Morgan fingerprint density at radius 3 is 1.47 bits per heavy atom. The molecule has 0 atom stereocenters. The predicted octanol–water partition coefficient (Wildman–Crippen LogP) is 3.62. The molecule has 4 heteroatoms. The van der Waals surface area contributed by atoms with Crippen molar-refractivity contribution in [2.45, 2.75) is 71.6 Å². The normalized spacial score (nSPS) is 10.2. The maximum absolute atomic E-state index is 11.3. The second-order valence-electron chi connectivity index (χ2n) is 4.71. The Kier molecular flexibility index (Phi) is 12.6. The van der Waals surface area contributed by atoms with E-state index in [0.717, 1.165) is 38.5 Å². The van der Waals surface area contributed by atoms with Crippen LogP contribution in [0.4, 0.5) is 0 Å². The van der Waals surface area contributed by atoms with E-state index in [1.54, 1.807) is 0 Å². The van der Waals surface area contributed by atoms with Crippen LogP contribution in [0.25, 0.3) is 0 Å². The summed E-state index contributed by atoms with van der Waals surface area (Å²) in [6, 6.07) is 0. The van der Waals surface area contributed by atoms with Gasteiger partial charge in [-0.15, -0.1) is 0 Å². The maximum Gasteiger partial charge on any atom is 0.305 e. The Hall–Kier alpha value is -1.06. The van der Waals surface area contributed by atoms with Gasteiger partial charge in [0, 0.05) is 19.3 Å². The molecule has 0 aliphatic heterocycles. The van der Waals surface area contributed by atoms with Crippen molar-refractivity contribution in [1.29, 1.82) is 0 Å². The molecule has 0 aromatic heterocycles. The van der Waals surface area contributed by atoms with E-state index < -0.39 is 0 Å². The highest BCUT2D eigenvalue weighted by Gasteiger charge is 2.04. The second-order valence-corrected chi connectivity index (χ2v) is 4.71. The summed E-state index contributed by atoms with van der Waals surface area (Å²) < 4.78 is 10.1. The molecule has 0 aliphatic carbocycles. The van der Waals surface area contributed by atoms with Crippen molar-refractivity contribution in [2.24, 2.45) is 0 Å². The van der Waals surface area contributed by atoms with Gasteiger partial charge in [-0.3, -0.25) is 9.59 Å². The van der Waals surface area contributed by atoms with E-state index in [9.17, 15) is 9.59 Å². The molecule has 0 N–H and O–H groups in total. The average molecular weight is 272 g/mol. The predicted molar refractivity (Wildman–Crippen MR) is 74.8 cm³/mol. The molecule has 112 valence electrons. The SMILES string of the molecule is CCCCCC(=O)OCCCOC(=O)CCCCC. The molecule has 0 saturated carbocycles. The van der Waals surface area contributed by atoms with Crippen LogP contribution in [0, 0.1) is 0 Å². The van der Waals surface area contributed by atoms with E-state index in [-0.39, 0.29) is 11.9 Å². The fraction of sp³-hybridized carbons (Fsp3) is 0.867. The van der Waals surface area contributed by atoms with Crippen molar-refractivity contribution >= 4 is 11.9 Å². The minimum absolute atomic E-state index is 0.150. The number of ether oxygens (including phenoxy) is 2. The Balaban J connectivity index is 3.29. The van der Waals surface area contributed by atoms with E-state index >= 15 is 0 Å². The highest BCUT2D eigenvalue weighted by atomic mass is 16.5. The van der Waals surface area contributed by atoms with Crippen molar-refractivity contribution in [3.8, 4) is 0 Å². The van der Waals surface area contributed by atoms with Crippen LogP contribution >= 0.6 is 0 Å². The van der Waals surface area contributed by atoms with E-state index in [4.69, 9.17) is 9.47 Å².